The van der Waals surface area contributed by atoms with Gasteiger partial charge in [-0.05, 0) is 26.7 Å². The lowest BCUT2D eigenvalue weighted by molar-refractivity contribution is -0.124. The Balaban J connectivity index is 3.83. The van der Waals surface area contributed by atoms with E-state index in [0.717, 1.165) is 6.42 Å². The van der Waals surface area contributed by atoms with Gasteiger partial charge < -0.3 is 10.4 Å². The fourth-order valence-corrected chi connectivity index (χ4v) is 1.38. The van der Waals surface area contributed by atoms with Gasteiger partial charge in [0.15, 0.2) is 0 Å². The molecule has 0 aliphatic heterocycles. The zero-order valence-electron chi connectivity index (χ0n) is 11.4. The maximum atomic E-state index is 11.5. The maximum absolute atomic E-state index is 11.5. The third-order valence-electron chi connectivity index (χ3n) is 2.86. The van der Waals surface area contributed by atoms with Gasteiger partial charge in [0.2, 0.25) is 5.91 Å². The summed E-state index contributed by atoms with van der Waals surface area (Å²) in [7, 11) is 0. The van der Waals surface area contributed by atoms with Crippen molar-refractivity contribution in [3.8, 4) is 0 Å². The van der Waals surface area contributed by atoms with Crippen LogP contribution in [0.4, 0.5) is 0 Å². The molecule has 0 radical (unpaired) electrons. The van der Waals surface area contributed by atoms with E-state index in [0.29, 0.717) is 19.3 Å². The number of Topliss-reactive ketones (excluding diaryl/α,β-unsaturated/α-hetero) is 1. The molecule has 4 nitrogen and oxygen atoms in total. The molecule has 1 amide bonds. The summed E-state index contributed by atoms with van der Waals surface area (Å²) in [6.45, 7) is 7.32. The summed E-state index contributed by atoms with van der Waals surface area (Å²) in [6, 6.07) is 0. The molecule has 1 atom stereocenters. The number of hydrogen-bond donors (Lipinski definition) is 2. The summed E-state index contributed by atoms with van der Waals surface area (Å²) in [5.74, 6) is 0.203. The van der Waals surface area contributed by atoms with Gasteiger partial charge in [-0.1, -0.05) is 13.8 Å². The third-order valence-corrected chi connectivity index (χ3v) is 2.86. The number of carbonyl (C=O) groups is 2. The van der Waals surface area contributed by atoms with E-state index in [4.69, 9.17) is 5.11 Å². The van der Waals surface area contributed by atoms with Crippen molar-refractivity contribution in [2.24, 2.45) is 5.92 Å². The van der Waals surface area contributed by atoms with Gasteiger partial charge in [-0.25, -0.2) is 0 Å². The predicted molar refractivity (Wildman–Crippen MR) is 67.6 cm³/mol. The molecule has 100 valence electrons. The number of amides is 1. The van der Waals surface area contributed by atoms with Gasteiger partial charge in [0.1, 0.15) is 5.78 Å². The molecule has 0 heterocycles. The summed E-state index contributed by atoms with van der Waals surface area (Å²) in [5.41, 5.74) is -0.586. The fourth-order valence-electron chi connectivity index (χ4n) is 1.38. The number of aliphatic hydroxyl groups excluding tert-OH is 1. The molecule has 0 aromatic rings. The minimum absolute atomic E-state index is 0.0898. The van der Waals surface area contributed by atoms with Crippen LogP contribution in [-0.4, -0.2) is 28.9 Å². The quantitative estimate of drug-likeness (QED) is 0.681. The summed E-state index contributed by atoms with van der Waals surface area (Å²) >= 11 is 0. The van der Waals surface area contributed by atoms with E-state index in [1.54, 1.807) is 13.8 Å². The van der Waals surface area contributed by atoms with Crippen molar-refractivity contribution in [2.75, 3.05) is 6.61 Å². The van der Waals surface area contributed by atoms with Crippen LogP contribution in [0.3, 0.4) is 0 Å². The SMILES string of the molecule is CCC(C)C(=O)CCCC(=O)NC(C)(C)CO. The van der Waals surface area contributed by atoms with Crippen LogP contribution in [-0.2, 0) is 9.59 Å². The van der Waals surface area contributed by atoms with Crippen molar-refractivity contribution in [1.29, 1.82) is 0 Å². The Kier molecular flexibility index (Phi) is 7.04. The van der Waals surface area contributed by atoms with E-state index in [1.165, 1.54) is 0 Å². The largest absolute Gasteiger partial charge is 0.394 e. The van der Waals surface area contributed by atoms with Gasteiger partial charge >= 0.3 is 0 Å². The average molecular weight is 243 g/mol. The van der Waals surface area contributed by atoms with Gasteiger partial charge in [0.05, 0.1) is 12.1 Å². The lowest BCUT2D eigenvalue weighted by Gasteiger charge is -2.23. The zero-order chi connectivity index (χ0) is 13.5. The molecule has 0 aromatic heterocycles. The topological polar surface area (TPSA) is 66.4 Å². The van der Waals surface area contributed by atoms with Gasteiger partial charge in [-0.2, -0.15) is 0 Å². The molecule has 0 aliphatic rings. The Bertz CT molecular complexity index is 261. The first-order chi connectivity index (χ1) is 7.82. The van der Waals surface area contributed by atoms with E-state index < -0.39 is 5.54 Å². The normalized spacial score (nSPS) is 13.2. The lowest BCUT2D eigenvalue weighted by atomic mass is 9.99. The van der Waals surface area contributed by atoms with Crippen LogP contribution in [0.1, 0.15) is 53.4 Å². The van der Waals surface area contributed by atoms with E-state index >= 15 is 0 Å². The van der Waals surface area contributed by atoms with Crippen molar-refractivity contribution in [3.63, 3.8) is 0 Å². The number of nitrogens with one attached hydrogen (secondary N) is 1. The number of carbonyl (C=O) groups excluding carboxylic acids is 2. The number of hydrogen-bond acceptors (Lipinski definition) is 3. The Morgan fingerprint density at radius 2 is 1.88 bits per heavy atom. The molecule has 0 rings (SSSR count). The lowest BCUT2D eigenvalue weighted by Crippen LogP contribution is -2.46. The van der Waals surface area contributed by atoms with Crippen molar-refractivity contribution in [2.45, 2.75) is 58.9 Å². The molecule has 0 spiro atoms. The van der Waals surface area contributed by atoms with Gasteiger partial charge in [-0.3, -0.25) is 9.59 Å². The first-order valence-electron chi connectivity index (χ1n) is 6.27. The average Bonchev–Trinajstić information content (AvgIpc) is 2.27. The molecular weight excluding hydrogens is 218 g/mol. The second-order valence-electron chi connectivity index (χ2n) is 5.22. The molecule has 0 saturated carbocycles. The number of ketones is 1. The fraction of sp³-hybridized carbons (Fsp3) is 0.846. The number of aliphatic hydroxyl groups is 1. The molecule has 4 heteroatoms. The second-order valence-corrected chi connectivity index (χ2v) is 5.22. The zero-order valence-corrected chi connectivity index (χ0v) is 11.4. The smallest absolute Gasteiger partial charge is 0.220 e. The van der Waals surface area contributed by atoms with Crippen molar-refractivity contribution in [1.82, 2.24) is 5.32 Å². The molecule has 0 fully saturated rings. The maximum Gasteiger partial charge on any atom is 0.220 e. The first kappa shape index (κ1) is 16.1. The van der Waals surface area contributed by atoms with Crippen molar-refractivity contribution >= 4 is 11.7 Å². The Morgan fingerprint density at radius 1 is 1.29 bits per heavy atom. The van der Waals surface area contributed by atoms with E-state index in [9.17, 15) is 9.59 Å². The number of rotatable bonds is 8. The monoisotopic (exact) mass is 243 g/mol. The van der Waals surface area contributed by atoms with E-state index in [2.05, 4.69) is 5.32 Å². The third kappa shape index (κ3) is 7.10. The highest BCUT2D eigenvalue weighted by molar-refractivity contribution is 5.82. The van der Waals surface area contributed by atoms with Crippen molar-refractivity contribution < 1.29 is 14.7 Å². The summed E-state index contributed by atoms with van der Waals surface area (Å²) in [6.07, 6.45) is 2.23. The Morgan fingerprint density at radius 3 is 2.35 bits per heavy atom. The van der Waals surface area contributed by atoms with Crippen LogP contribution in [0.15, 0.2) is 0 Å². The highest BCUT2D eigenvalue weighted by Gasteiger charge is 2.19. The van der Waals surface area contributed by atoms with E-state index in [-0.39, 0.29) is 24.2 Å². The molecule has 2 N–H and O–H groups in total. The minimum Gasteiger partial charge on any atom is -0.394 e. The van der Waals surface area contributed by atoms with Crippen molar-refractivity contribution in [3.05, 3.63) is 0 Å². The summed E-state index contributed by atoms with van der Waals surface area (Å²) in [5, 5.41) is 11.7. The van der Waals surface area contributed by atoms with E-state index in [1.807, 2.05) is 13.8 Å². The molecule has 0 aliphatic carbocycles. The summed E-state index contributed by atoms with van der Waals surface area (Å²) in [4.78, 5) is 23.0. The second kappa shape index (κ2) is 7.43. The highest BCUT2D eigenvalue weighted by Crippen LogP contribution is 2.09. The molecular formula is C13H25NO3. The van der Waals surface area contributed by atoms with Gasteiger partial charge in [-0.15, -0.1) is 0 Å². The molecule has 0 aromatic carbocycles. The highest BCUT2D eigenvalue weighted by atomic mass is 16.3. The molecule has 0 saturated heterocycles. The molecule has 17 heavy (non-hydrogen) atoms. The van der Waals surface area contributed by atoms with Crippen LogP contribution in [0.25, 0.3) is 0 Å². The standard InChI is InChI=1S/C13H25NO3/c1-5-10(2)11(16)7-6-8-12(17)14-13(3,4)9-15/h10,15H,5-9H2,1-4H3,(H,14,17). The first-order valence-corrected chi connectivity index (χ1v) is 6.27. The van der Waals surface area contributed by atoms with Crippen LogP contribution >= 0.6 is 0 Å². The van der Waals surface area contributed by atoms with Crippen LogP contribution in [0, 0.1) is 5.92 Å². The van der Waals surface area contributed by atoms with Crippen LogP contribution in [0.2, 0.25) is 0 Å². The van der Waals surface area contributed by atoms with Crippen LogP contribution in [0.5, 0.6) is 0 Å². The molecule has 0 bridgehead atoms. The summed E-state index contributed by atoms with van der Waals surface area (Å²) < 4.78 is 0. The predicted octanol–water partition coefficient (Wildman–Crippen LogP) is 1.66. The Labute approximate surface area is 104 Å². The van der Waals surface area contributed by atoms with Gasteiger partial charge in [0, 0.05) is 18.8 Å². The minimum atomic E-state index is -0.586. The molecule has 1 unspecified atom stereocenters. The van der Waals surface area contributed by atoms with Gasteiger partial charge in [0.25, 0.3) is 0 Å². The van der Waals surface area contributed by atoms with Crippen LogP contribution < -0.4 is 5.32 Å². The Hall–Kier alpha value is -0.900.